The third-order valence-corrected chi connectivity index (χ3v) is 24.0. The molecule has 0 saturated carbocycles. The summed E-state index contributed by atoms with van der Waals surface area (Å²) in [7, 11) is 0. The van der Waals surface area contributed by atoms with E-state index in [2.05, 4.69) is 335 Å². The van der Waals surface area contributed by atoms with Crippen LogP contribution in [0.3, 0.4) is 0 Å². The molecular weight excluding hydrogens is 1350 g/mol. The van der Waals surface area contributed by atoms with E-state index in [1.807, 2.05) is 0 Å². The van der Waals surface area contributed by atoms with Gasteiger partial charge < -0.3 is 15.0 Å². The van der Waals surface area contributed by atoms with Crippen molar-refractivity contribution in [2.75, 3.05) is 0 Å². The highest BCUT2D eigenvalue weighted by molar-refractivity contribution is 6.19. The molecule has 0 aliphatic carbocycles. The Morgan fingerprint density at radius 2 is 0.351 bits per heavy atom. The summed E-state index contributed by atoms with van der Waals surface area (Å²) in [5.41, 5.74) is 50.2. The summed E-state index contributed by atoms with van der Waals surface area (Å²) >= 11 is 0. The Labute approximate surface area is 657 Å². The number of hydrogen-bond donors (Lipinski definition) is 3. The van der Waals surface area contributed by atoms with Crippen molar-refractivity contribution in [2.45, 2.75) is 160 Å². The van der Waals surface area contributed by atoms with E-state index in [1.165, 1.54) is 134 Å². The average Bonchev–Trinajstić information content (AvgIpc) is 1.62. The fraction of sp³-hybridized carbons (Fsp3) is 0.229. The molecule has 0 fully saturated rings. The largest absolute Gasteiger partial charge is 0.354 e. The summed E-state index contributed by atoms with van der Waals surface area (Å²) in [5.74, 6) is 0. The molecule has 10 aliphatic rings. The number of nitrogens with zero attached hydrogens (tertiary/aromatic N) is 3. The molecule has 3 aromatic heterocycles. The molecule has 0 atom stereocenters. The summed E-state index contributed by atoms with van der Waals surface area (Å²) in [5, 5.41) is 0. The van der Waals surface area contributed by atoms with Gasteiger partial charge in [-0.3, -0.25) is 0 Å². The number of allylic oxidation sites excluding steroid dienone is 6. The number of hydrogen-bond acceptors (Lipinski definition) is 3. The Hall–Kier alpha value is -11.7. The maximum Gasteiger partial charge on any atom is 0.0772 e. The fourth-order valence-corrected chi connectivity index (χ4v) is 18.6. The van der Waals surface area contributed by atoms with Crippen LogP contribution >= 0.6 is 0 Å². The molecule has 111 heavy (non-hydrogen) atoms. The van der Waals surface area contributed by atoms with E-state index in [0.717, 1.165) is 178 Å². The van der Waals surface area contributed by atoms with E-state index in [4.69, 9.17) is 15.0 Å². The first-order chi connectivity index (χ1) is 54.5. The van der Waals surface area contributed by atoms with E-state index in [9.17, 15) is 0 Å². The third-order valence-electron chi connectivity index (χ3n) is 24.0. The van der Waals surface area contributed by atoms with Gasteiger partial charge in [0.05, 0.1) is 51.3 Å². The Bertz CT molecular complexity index is 5250. The Morgan fingerprint density at radius 1 is 0.171 bits per heavy atom. The molecule has 13 heterocycles. The van der Waals surface area contributed by atoms with Gasteiger partial charge in [0, 0.05) is 50.5 Å². The van der Waals surface area contributed by atoms with Crippen LogP contribution < -0.4 is 0 Å². The molecule has 12 aromatic rings. The number of aromatic nitrogens is 3. The first kappa shape index (κ1) is 73.4. The number of rotatable bonds is 15. The van der Waals surface area contributed by atoms with Gasteiger partial charge in [0.25, 0.3) is 0 Å². The lowest BCUT2D eigenvalue weighted by Gasteiger charge is -2.14. The minimum absolute atomic E-state index is 0.861. The van der Waals surface area contributed by atoms with Crippen molar-refractivity contribution in [3.05, 3.63) is 371 Å². The highest BCUT2D eigenvalue weighted by Gasteiger charge is 2.34. The second-order valence-corrected chi connectivity index (χ2v) is 29.7. The molecule has 22 rings (SSSR count). The lowest BCUT2D eigenvalue weighted by Crippen LogP contribution is -2.02. The third kappa shape index (κ3) is 13.0. The molecular formula is C105H102N6. The number of benzene rings is 9. The first-order valence-corrected chi connectivity index (χ1v) is 41.2. The van der Waals surface area contributed by atoms with Gasteiger partial charge in [-0.05, 0) is 211 Å². The van der Waals surface area contributed by atoms with Gasteiger partial charge in [-0.2, -0.15) is 0 Å². The van der Waals surface area contributed by atoms with Crippen molar-refractivity contribution < 1.29 is 0 Å². The molecule has 0 saturated heterocycles. The predicted octanol–water partition coefficient (Wildman–Crippen LogP) is 27.5. The van der Waals surface area contributed by atoms with Crippen molar-refractivity contribution in [3.8, 4) is 67.2 Å². The monoisotopic (exact) mass is 1450 g/mol. The smallest absolute Gasteiger partial charge is 0.0772 e. The highest BCUT2D eigenvalue weighted by Crippen LogP contribution is 2.49. The van der Waals surface area contributed by atoms with E-state index >= 15 is 0 Å². The summed E-state index contributed by atoms with van der Waals surface area (Å²) in [4.78, 5) is 29.9. The standard InChI is InChI=1S/C105H102N6/c1-13-79-85(19-7)100-91(70-34-28-25-29-35-70)101-86(20-8)80(14-2)95(107-101)74-56-44-66(45-57-74)67-46-58-76(59-47-67)97-83(17-5)89(23-11)104(110-97)93(72-38-32-27-33-39-72)105-90(24-12)84(18-6)99(111-105)78-62-50-69(51-63-78)68-48-60-77(61-49-68)98-82(16-4)88(22-10)103(109-98)92(71-36-30-26-31-37-71)102-87(21-9)81(15-3)96(108-102)75-54-42-65(43-55-75)64-40-52-73(53-41-64)94(79)106-100/h25-63,106,109-110H,13-24H2,1-12H3. The lowest BCUT2D eigenvalue weighted by molar-refractivity contribution is 1.04. The van der Waals surface area contributed by atoms with Crippen LogP contribution in [0.2, 0.25) is 0 Å². The quantitative estimate of drug-likeness (QED) is 0.0914. The van der Waals surface area contributed by atoms with Crippen LogP contribution in [0, 0.1) is 0 Å². The Kier molecular flexibility index (Phi) is 21.0. The molecule has 10 aliphatic heterocycles. The predicted molar refractivity (Wildman–Crippen MR) is 471 cm³/mol. The van der Waals surface area contributed by atoms with E-state index < -0.39 is 0 Å². The summed E-state index contributed by atoms with van der Waals surface area (Å²) in [6, 6.07) is 88.2. The fourth-order valence-electron chi connectivity index (χ4n) is 18.6. The molecule has 3 N–H and O–H groups in total. The number of H-pyrrole nitrogens is 3. The van der Waals surface area contributed by atoms with E-state index in [-0.39, 0.29) is 0 Å². The van der Waals surface area contributed by atoms with Crippen LogP contribution in [-0.2, 0) is 38.5 Å². The van der Waals surface area contributed by atoms with Gasteiger partial charge in [-0.15, -0.1) is 0 Å². The highest BCUT2D eigenvalue weighted by atomic mass is 14.9. The topological polar surface area (TPSA) is 84.5 Å². The Balaban J connectivity index is 0.864. The van der Waals surface area contributed by atoms with Crippen molar-refractivity contribution in [1.29, 1.82) is 0 Å². The first-order valence-electron chi connectivity index (χ1n) is 41.2. The number of fused-ring (bicyclic) bond motifs is 6. The van der Waals surface area contributed by atoms with E-state index in [1.54, 1.807) is 0 Å². The number of nitrogens with one attached hydrogen (secondary N) is 3. The molecule has 552 valence electrons. The molecule has 0 amide bonds. The molecule has 0 spiro atoms. The van der Waals surface area contributed by atoms with Crippen molar-refractivity contribution in [2.24, 2.45) is 15.0 Å². The minimum Gasteiger partial charge on any atom is -0.354 e. The van der Waals surface area contributed by atoms with E-state index in [0.29, 0.717) is 0 Å². The van der Waals surface area contributed by atoms with Crippen LogP contribution in [0.5, 0.6) is 0 Å². The van der Waals surface area contributed by atoms with Gasteiger partial charge in [-0.25, -0.2) is 15.0 Å². The second-order valence-electron chi connectivity index (χ2n) is 29.7. The zero-order valence-corrected chi connectivity index (χ0v) is 66.8. The maximum atomic E-state index is 5.83. The second kappa shape index (κ2) is 31.7. The van der Waals surface area contributed by atoms with Crippen LogP contribution in [0.4, 0.5) is 0 Å². The number of aliphatic imine (C=N–C) groups is 3. The van der Waals surface area contributed by atoms with Crippen LogP contribution in [0.1, 0.15) is 205 Å². The molecule has 6 heteroatoms. The molecule has 6 nitrogen and oxygen atoms in total. The van der Waals surface area contributed by atoms with Crippen LogP contribution in [0.25, 0.3) is 83.9 Å². The molecule has 0 unspecified atom stereocenters. The number of aromatic amines is 3. The molecule has 9 aromatic carbocycles. The summed E-state index contributed by atoms with van der Waals surface area (Å²) in [6.45, 7) is 27.6. The van der Waals surface area contributed by atoms with Gasteiger partial charge in [0.15, 0.2) is 0 Å². The zero-order chi connectivity index (χ0) is 76.6. The normalized spacial score (nSPS) is 14.3. The Morgan fingerprint density at radius 3 is 0.541 bits per heavy atom. The maximum absolute atomic E-state index is 5.83. The van der Waals surface area contributed by atoms with Gasteiger partial charge in [0.1, 0.15) is 0 Å². The zero-order valence-electron chi connectivity index (χ0n) is 66.8. The summed E-state index contributed by atoms with van der Waals surface area (Å²) < 4.78 is 0. The van der Waals surface area contributed by atoms with Gasteiger partial charge in [-0.1, -0.05) is 320 Å². The van der Waals surface area contributed by atoms with Crippen LogP contribution in [-0.4, -0.2) is 32.1 Å². The van der Waals surface area contributed by atoms with Crippen molar-refractivity contribution in [3.63, 3.8) is 0 Å². The average molecular weight is 1450 g/mol. The molecule has 24 bridgehead atoms. The van der Waals surface area contributed by atoms with Crippen LogP contribution in [0.15, 0.2) is 302 Å². The SMILES string of the molecule is CCC1=C(CC)C2=C(c3ccccc3)c3[nH]c(c(CC)c3CC)-c3ccc(cc3)-c3ccc(cc3)C3=NC(=C(c4ccccc4)c4[nH]c(c(CC)c4CC)-c4ccc(cc4)-c4ccc(cc4)C4=NC(=C(c5ccccc5)c5[nH]c(c(CC)c5CC)-c5ccc(cc5)-c5ccc(cc5)C1=N2)C(CC)=C4CC)C(CC)=C3CC. The van der Waals surface area contributed by atoms with Gasteiger partial charge in [0.2, 0.25) is 0 Å². The van der Waals surface area contributed by atoms with Crippen molar-refractivity contribution in [1.82, 2.24) is 15.0 Å². The van der Waals surface area contributed by atoms with Crippen molar-refractivity contribution >= 4 is 33.9 Å². The lowest BCUT2D eigenvalue weighted by atomic mass is 9.89. The molecule has 0 radical (unpaired) electrons. The minimum atomic E-state index is 0.861. The van der Waals surface area contributed by atoms with Gasteiger partial charge >= 0.3 is 0 Å². The summed E-state index contributed by atoms with van der Waals surface area (Å²) in [6.07, 6.45) is 10.5.